The van der Waals surface area contributed by atoms with E-state index in [9.17, 15) is 14.4 Å². The highest BCUT2D eigenvalue weighted by Gasteiger charge is 2.19. The highest BCUT2D eigenvalue weighted by Crippen LogP contribution is 2.16. The maximum atomic E-state index is 12.9. The van der Waals surface area contributed by atoms with E-state index < -0.39 is 6.10 Å². The van der Waals surface area contributed by atoms with Crippen LogP contribution in [-0.4, -0.2) is 37.2 Å². The van der Waals surface area contributed by atoms with Gasteiger partial charge in [0.1, 0.15) is 13.2 Å². The first-order valence-electron chi connectivity index (χ1n) is 28.8. The molecule has 0 aromatic heterocycles. The van der Waals surface area contributed by atoms with Crippen LogP contribution in [-0.2, 0) is 28.6 Å². The minimum Gasteiger partial charge on any atom is -0.462 e. The number of esters is 3. The van der Waals surface area contributed by atoms with Crippen molar-refractivity contribution in [3.63, 3.8) is 0 Å². The molecule has 0 amide bonds. The molecule has 67 heavy (non-hydrogen) atoms. The fraction of sp³-hybridized carbons (Fsp3) is 0.787. The van der Waals surface area contributed by atoms with Gasteiger partial charge in [-0.05, 0) is 83.5 Å². The molecule has 388 valence electrons. The lowest BCUT2D eigenvalue weighted by atomic mass is 10.0. The van der Waals surface area contributed by atoms with E-state index in [1.165, 1.54) is 167 Å². The summed E-state index contributed by atoms with van der Waals surface area (Å²) in [6, 6.07) is 0. The van der Waals surface area contributed by atoms with Crippen molar-refractivity contribution in [3.8, 4) is 0 Å². The van der Waals surface area contributed by atoms with Gasteiger partial charge in [0.25, 0.3) is 0 Å². The summed E-state index contributed by atoms with van der Waals surface area (Å²) in [4.78, 5) is 38.1. The molecule has 0 aliphatic rings. The van der Waals surface area contributed by atoms with Crippen molar-refractivity contribution >= 4 is 17.9 Å². The first-order valence-corrected chi connectivity index (χ1v) is 28.8. The number of hydrogen-bond donors (Lipinski definition) is 0. The molecule has 0 aliphatic heterocycles. The number of ether oxygens (including phenoxy) is 3. The Labute approximate surface area is 415 Å². The number of hydrogen-bond acceptors (Lipinski definition) is 6. The van der Waals surface area contributed by atoms with Crippen molar-refractivity contribution in [1.29, 1.82) is 0 Å². The fourth-order valence-electron chi connectivity index (χ4n) is 8.19. The molecule has 0 heterocycles. The molecule has 0 spiro atoms. The molecule has 6 nitrogen and oxygen atoms in total. The van der Waals surface area contributed by atoms with Gasteiger partial charge >= 0.3 is 17.9 Å². The van der Waals surface area contributed by atoms with E-state index in [4.69, 9.17) is 14.2 Å². The summed E-state index contributed by atoms with van der Waals surface area (Å²) in [5.41, 5.74) is 0. The average molecular weight is 938 g/mol. The smallest absolute Gasteiger partial charge is 0.306 e. The Bertz CT molecular complexity index is 1210. The van der Waals surface area contributed by atoms with Crippen molar-refractivity contribution in [2.24, 2.45) is 0 Å². The van der Waals surface area contributed by atoms with Crippen LogP contribution in [0.4, 0.5) is 0 Å². The summed E-state index contributed by atoms with van der Waals surface area (Å²) in [5, 5.41) is 0. The monoisotopic (exact) mass is 937 g/mol. The average Bonchev–Trinajstić information content (AvgIpc) is 3.33. The molecular weight excluding hydrogens is 829 g/mol. The van der Waals surface area contributed by atoms with Crippen molar-refractivity contribution in [1.82, 2.24) is 0 Å². The van der Waals surface area contributed by atoms with E-state index in [1.807, 2.05) is 0 Å². The van der Waals surface area contributed by atoms with Crippen LogP contribution < -0.4 is 0 Å². The van der Waals surface area contributed by atoms with Crippen molar-refractivity contribution in [2.45, 2.75) is 297 Å². The normalized spacial score (nSPS) is 12.5. The van der Waals surface area contributed by atoms with Crippen LogP contribution in [0.3, 0.4) is 0 Å². The Morgan fingerprint density at radius 3 is 0.955 bits per heavy atom. The van der Waals surface area contributed by atoms with Gasteiger partial charge in [0.2, 0.25) is 0 Å². The Balaban J connectivity index is 4.41. The third-order valence-corrected chi connectivity index (χ3v) is 12.5. The van der Waals surface area contributed by atoms with Crippen LogP contribution >= 0.6 is 0 Å². The number of rotatable bonds is 52. The lowest BCUT2D eigenvalue weighted by Crippen LogP contribution is -2.30. The van der Waals surface area contributed by atoms with E-state index in [1.54, 1.807) is 0 Å². The SMILES string of the molecule is CC/C=C\C/C=C\C/C=C\C/C=C\CCCCC(=O)OC[C@H](COC(=O)CCCCCCCCCCCCCCCCCCC)OC(=O)CCCCCCCCC/C=C\CCCCCCCC. The molecule has 6 heteroatoms. The molecule has 0 aliphatic carbocycles. The second-order valence-electron chi connectivity index (χ2n) is 19.2. The Hall–Kier alpha value is -2.89. The van der Waals surface area contributed by atoms with E-state index in [0.717, 1.165) is 83.5 Å². The highest BCUT2D eigenvalue weighted by atomic mass is 16.6. The van der Waals surface area contributed by atoms with Gasteiger partial charge in [-0.15, -0.1) is 0 Å². The van der Waals surface area contributed by atoms with Gasteiger partial charge in [-0.2, -0.15) is 0 Å². The van der Waals surface area contributed by atoms with Gasteiger partial charge in [0.05, 0.1) is 0 Å². The number of carbonyl (C=O) groups excluding carboxylic acids is 3. The van der Waals surface area contributed by atoms with Gasteiger partial charge in [-0.25, -0.2) is 0 Å². The zero-order valence-electron chi connectivity index (χ0n) is 44.4. The van der Waals surface area contributed by atoms with Crippen molar-refractivity contribution < 1.29 is 28.6 Å². The van der Waals surface area contributed by atoms with E-state index in [2.05, 4.69) is 81.5 Å². The van der Waals surface area contributed by atoms with Crippen LogP contribution in [0, 0.1) is 0 Å². The third kappa shape index (κ3) is 53.9. The molecule has 0 aromatic rings. The van der Waals surface area contributed by atoms with Gasteiger partial charge < -0.3 is 14.2 Å². The minimum atomic E-state index is -0.792. The largest absolute Gasteiger partial charge is 0.462 e. The summed E-state index contributed by atoms with van der Waals surface area (Å²) in [6.07, 6.45) is 69.3. The molecule has 0 saturated heterocycles. The molecule has 1 atom stereocenters. The van der Waals surface area contributed by atoms with Crippen LogP contribution in [0.2, 0.25) is 0 Å². The maximum absolute atomic E-state index is 12.9. The molecule has 0 fully saturated rings. The Kier molecular flexibility index (Phi) is 53.3. The molecule has 0 aromatic carbocycles. The number of allylic oxidation sites excluding steroid dienone is 10. The predicted molar refractivity (Wildman–Crippen MR) is 288 cm³/mol. The second-order valence-corrected chi connectivity index (χ2v) is 19.2. The summed E-state index contributed by atoms with van der Waals surface area (Å²) in [6.45, 7) is 6.51. The van der Waals surface area contributed by atoms with Gasteiger partial charge in [0.15, 0.2) is 6.10 Å². The summed E-state index contributed by atoms with van der Waals surface area (Å²) in [7, 11) is 0. The van der Waals surface area contributed by atoms with Crippen molar-refractivity contribution in [3.05, 3.63) is 60.8 Å². The second kappa shape index (κ2) is 55.7. The zero-order valence-corrected chi connectivity index (χ0v) is 44.4. The molecule has 0 N–H and O–H groups in total. The first-order chi connectivity index (χ1) is 33.0. The highest BCUT2D eigenvalue weighted by molar-refractivity contribution is 5.71. The number of unbranched alkanes of at least 4 members (excludes halogenated alkanes) is 31. The van der Waals surface area contributed by atoms with E-state index in [0.29, 0.717) is 19.3 Å². The van der Waals surface area contributed by atoms with E-state index >= 15 is 0 Å². The van der Waals surface area contributed by atoms with Crippen molar-refractivity contribution in [2.75, 3.05) is 13.2 Å². The van der Waals surface area contributed by atoms with Crippen LogP contribution in [0.1, 0.15) is 290 Å². The Morgan fingerprint density at radius 2 is 0.582 bits per heavy atom. The van der Waals surface area contributed by atoms with Crippen LogP contribution in [0.15, 0.2) is 60.8 Å². The molecule has 0 bridgehead atoms. The summed E-state index contributed by atoms with van der Waals surface area (Å²) in [5.74, 6) is -0.922. The van der Waals surface area contributed by atoms with Crippen LogP contribution in [0.25, 0.3) is 0 Å². The maximum Gasteiger partial charge on any atom is 0.306 e. The summed E-state index contributed by atoms with van der Waals surface area (Å²) < 4.78 is 16.8. The van der Waals surface area contributed by atoms with Crippen LogP contribution in [0.5, 0.6) is 0 Å². The lowest BCUT2D eigenvalue weighted by molar-refractivity contribution is -0.167. The van der Waals surface area contributed by atoms with E-state index in [-0.39, 0.29) is 31.1 Å². The predicted octanol–water partition coefficient (Wildman–Crippen LogP) is 19.2. The molecule has 0 rings (SSSR count). The molecule has 0 saturated carbocycles. The zero-order chi connectivity index (χ0) is 48.6. The lowest BCUT2D eigenvalue weighted by Gasteiger charge is -2.18. The minimum absolute atomic E-state index is 0.0864. The molecular formula is C61H108O6. The topological polar surface area (TPSA) is 78.9 Å². The quantitative estimate of drug-likeness (QED) is 0.0262. The van der Waals surface area contributed by atoms with Gasteiger partial charge in [-0.1, -0.05) is 248 Å². The number of carbonyl (C=O) groups is 3. The first kappa shape index (κ1) is 64.1. The molecule has 0 unspecified atom stereocenters. The Morgan fingerprint density at radius 1 is 0.313 bits per heavy atom. The molecule has 0 radical (unpaired) electrons. The third-order valence-electron chi connectivity index (χ3n) is 12.5. The summed E-state index contributed by atoms with van der Waals surface area (Å²) >= 11 is 0. The fourth-order valence-corrected chi connectivity index (χ4v) is 8.19. The standard InChI is InChI=1S/C61H108O6/c1-4-7-10-13-16-19-22-25-28-30-33-36-39-42-45-48-51-54-60(63)66-57-58(56-65-59(62)53-50-47-44-41-38-35-32-27-24-21-18-15-12-9-6-3)67-61(64)55-52-49-46-43-40-37-34-31-29-26-23-20-17-14-11-8-5-2/h9,12,18,21,26-27,29,32,38,41,58H,4-8,10-11,13-17,19-20,22-25,28,30-31,33-37,39-40,42-57H2,1-3H3/b12-9-,21-18-,29-26-,32-27-,41-38-/t58-/m1/s1. The van der Waals surface area contributed by atoms with Gasteiger partial charge in [0, 0.05) is 19.3 Å². The van der Waals surface area contributed by atoms with Gasteiger partial charge in [-0.3, -0.25) is 14.4 Å².